The Kier molecular flexibility index (Phi) is 9.66. The van der Waals surface area contributed by atoms with Crippen LogP contribution in [0.1, 0.15) is 61.4 Å². The number of hydrogen-bond donors (Lipinski definition) is 2. The minimum atomic E-state index is -4.69. The third kappa shape index (κ3) is 6.22. The number of fused-ring (bicyclic) bond motifs is 1. The van der Waals surface area contributed by atoms with Gasteiger partial charge in [0.25, 0.3) is 27.7 Å². The van der Waals surface area contributed by atoms with E-state index < -0.39 is 33.2 Å². The average molecular weight is 656 g/mol. The number of para-hydroxylation sites is 1. The molecule has 5 rings (SSSR count). The van der Waals surface area contributed by atoms with Crippen LogP contribution in [0.4, 0.5) is 5.69 Å². The molecule has 1 aliphatic heterocycles. The fourth-order valence-electron chi connectivity index (χ4n) is 6.00. The largest absolute Gasteiger partial charge is 0.495 e. The monoisotopic (exact) mass is 655 g/mol. The van der Waals surface area contributed by atoms with Crippen molar-refractivity contribution in [3.8, 4) is 11.5 Å². The van der Waals surface area contributed by atoms with Crippen molar-refractivity contribution in [3.05, 3.63) is 82.9 Å². The quantitative estimate of drug-likeness (QED) is 0.215. The molecule has 0 spiro atoms. The molecule has 13 heteroatoms. The number of methoxy groups -OCH3 is 1. The molecule has 3 aromatic rings. The zero-order valence-corrected chi connectivity index (χ0v) is 26.4. The second kappa shape index (κ2) is 13.5. The van der Waals surface area contributed by atoms with Gasteiger partial charge in [0.2, 0.25) is 0 Å². The number of amides is 3. The molecular weight excluding hydrogens is 622 g/mol. The number of anilines is 1. The molecule has 238 valence electrons. The van der Waals surface area contributed by atoms with E-state index in [1.54, 1.807) is 37.3 Å². The smallest absolute Gasteiger partial charge is 0.284 e. The van der Waals surface area contributed by atoms with Gasteiger partial charge in [-0.3, -0.25) is 19.2 Å². The number of nitrogens with zero attached hydrogens (tertiary/aromatic N) is 1. The molecule has 1 fully saturated rings. The molecule has 2 aliphatic rings. The van der Waals surface area contributed by atoms with Crippen molar-refractivity contribution in [3.63, 3.8) is 0 Å². The molecule has 0 bridgehead atoms. The van der Waals surface area contributed by atoms with Crippen molar-refractivity contribution in [1.82, 2.24) is 11.0 Å². The van der Waals surface area contributed by atoms with Crippen LogP contribution in [0.5, 0.6) is 11.5 Å². The normalized spacial score (nSPS) is 18.3. The van der Waals surface area contributed by atoms with E-state index in [2.05, 4.69) is 11.0 Å². The summed E-state index contributed by atoms with van der Waals surface area (Å²) in [5.74, 6) is -2.16. The first kappa shape index (κ1) is 32.3. The Morgan fingerprint density at radius 3 is 2.42 bits per heavy atom. The number of halogens is 1. The predicted molar refractivity (Wildman–Crippen MR) is 166 cm³/mol. The van der Waals surface area contributed by atoms with E-state index in [1.807, 2.05) is 0 Å². The average Bonchev–Trinajstić information content (AvgIpc) is 3.30. The van der Waals surface area contributed by atoms with Crippen LogP contribution in [-0.4, -0.2) is 39.9 Å². The highest BCUT2D eigenvalue weighted by atomic mass is 35.5. The van der Waals surface area contributed by atoms with Crippen molar-refractivity contribution < 1.29 is 37.2 Å². The van der Waals surface area contributed by atoms with Gasteiger partial charge in [-0.1, -0.05) is 61.9 Å². The molecular formula is C32H34ClN3O8S. The first-order chi connectivity index (χ1) is 21.6. The molecule has 1 unspecified atom stereocenters. The zero-order chi connectivity index (χ0) is 32.2. The highest BCUT2D eigenvalue weighted by molar-refractivity contribution is 7.93. The van der Waals surface area contributed by atoms with Crippen LogP contribution in [0.25, 0.3) is 0 Å². The van der Waals surface area contributed by atoms with E-state index in [-0.39, 0.29) is 51.4 Å². The first-order valence-corrected chi connectivity index (χ1v) is 16.5. The number of nitrogens with one attached hydrogen (secondary N) is 2. The summed E-state index contributed by atoms with van der Waals surface area (Å²) < 4.78 is 34.8. The Bertz CT molecular complexity index is 1700. The number of carbonyl (C=O) groups is 3. The van der Waals surface area contributed by atoms with Crippen molar-refractivity contribution in [1.29, 1.82) is 0 Å². The second-order valence-electron chi connectivity index (χ2n) is 10.9. The third-order valence-corrected chi connectivity index (χ3v) is 10.1. The van der Waals surface area contributed by atoms with Crippen LogP contribution in [0.15, 0.2) is 71.6 Å². The van der Waals surface area contributed by atoms with Gasteiger partial charge in [-0.25, -0.2) is 18.2 Å². The Morgan fingerprint density at radius 1 is 1.00 bits per heavy atom. The number of ether oxygens (including phenoxy) is 1. The number of carbonyl (C=O) groups excluding carboxylic acids is 3. The molecule has 1 atom stereocenters. The Hall–Kier alpha value is -4.13. The summed E-state index contributed by atoms with van der Waals surface area (Å²) in [7, 11) is -3.44. The van der Waals surface area contributed by atoms with Gasteiger partial charge >= 0.3 is 0 Å². The summed E-state index contributed by atoms with van der Waals surface area (Å²) in [4.78, 5) is 51.4. The molecule has 3 aromatic carbocycles. The van der Waals surface area contributed by atoms with E-state index >= 15 is 0 Å². The molecule has 3 amide bonds. The first-order valence-electron chi connectivity index (χ1n) is 14.7. The van der Waals surface area contributed by atoms with Crippen molar-refractivity contribution >= 4 is 45.0 Å². The van der Waals surface area contributed by atoms with Gasteiger partial charge in [0.05, 0.1) is 19.4 Å². The molecule has 1 aliphatic carbocycles. The van der Waals surface area contributed by atoms with Gasteiger partial charge < -0.3 is 9.57 Å². The molecule has 0 aromatic heterocycles. The third-order valence-electron chi connectivity index (χ3n) is 8.15. The van der Waals surface area contributed by atoms with Crippen LogP contribution in [0, 0.1) is 5.92 Å². The molecule has 0 radical (unpaired) electrons. The van der Waals surface area contributed by atoms with E-state index in [0.717, 1.165) is 32.1 Å². The van der Waals surface area contributed by atoms with E-state index in [4.69, 9.17) is 26.0 Å². The van der Waals surface area contributed by atoms with Crippen LogP contribution in [0.3, 0.4) is 0 Å². The fraction of sp³-hybridized carbons (Fsp3) is 0.344. The maximum Gasteiger partial charge on any atom is 0.284 e. The lowest BCUT2D eigenvalue weighted by Gasteiger charge is -2.32. The van der Waals surface area contributed by atoms with Gasteiger partial charge in [-0.15, -0.1) is 0 Å². The number of benzene rings is 3. The molecule has 2 N–H and O–H groups in total. The summed E-state index contributed by atoms with van der Waals surface area (Å²) in [6, 6.07) is 16.6. The molecule has 1 saturated carbocycles. The van der Waals surface area contributed by atoms with Crippen LogP contribution in [-0.2, 0) is 29.9 Å². The summed E-state index contributed by atoms with van der Waals surface area (Å²) in [6.45, 7) is 1.81. The SMILES string of the molecule is CCONC(=O)C1(CC2CCCCC2)C(=O)N(S(=O)(=O)c2ccc(C(=O)NOc3ccccc3)cc2OC)c2ccc(Cl)cc21. The number of hydroxylamine groups is 2. The predicted octanol–water partition coefficient (Wildman–Crippen LogP) is 5.08. The summed E-state index contributed by atoms with van der Waals surface area (Å²) in [6.07, 6.45) is 4.62. The van der Waals surface area contributed by atoms with E-state index in [0.29, 0.717) is 10.1 Å². The highest BCUT2D eigenvalue weighted by Crippen LogP contribution is 2.51. The lowest BCUT2D eigenvalue weighted by atomic mass is 9.70. The molecule has 0 saturated heterocycles. The second-order valence-corrected chi connectivity index (χ2v) is 13.1. The number of rotatable bonds is 11. The maximum absolute atomic E-state index is 14.6. The van der Waals surface area contributed by atoms with Gasteiger partial charge in [-0.2, -0.15) is 5.48 Å². The lowest BCUT2D eigenvalue weighted by molar-refractivity contribution is -0.145. The van der Waals surface area contributed by atoms with Crippen LogP contribution < -0.4 is 24.8 Å². The van der Waals surface area contributed by atoms with Crippen LogP contribution >= 0.6 is 11.6 Å². The number of sulfonamides is 1. The summed E-state index contributed by atoms with van der Waals surface area (Å²) in [5.41, 5.74) is 3.00. The number of hydrogen-bond acceptors (Lipinski definition) is 8. The highest BCUT2D eigenvalue weighted by Gasteiger charge is 2.60. The van der Waals surface area contributed by atoms with Gasteiger partial charge in [-0.05, 0) is 67.8 Å². The molecule has 1 heterocycles. The standard InChI is InChI=1S/C32H34ClN3O8S/c1-3-43-35-30(38)32(20-21-10-6-4-7-11-21)25-19-23(33)15-16-26(25)36(31(32)39)45(40,41)28-17-14-22(18-27(28)42-2)29(37)34-44-24-12-8-5-9-13-24/h5,8-9,12-19,21H,3-4,6-7,10-11,20H2,1-2H3,(H,34,37)(H,35,38). The minimum absolute atomic E-state index is 0.00463. The Balaban J connectivity index is 1.55. The van der Waals surface area contributed by atoms with Crippen molar-refractivity contribution in [2.24, 2.45) is 5.92 Å². The van der Waals surface area contributed by atoms with Gasteiger partial charge in [0, 0.05) is 16.1 Å². The van der Waals surface area contributed by atoms with E-state index in [1.165, 1.54) is 43.5 Å². The molecule has 45 heavy (non-hydrogen) atoms. The molecule has 11 nitrogen and oxygen atoms in total. The Morgan fingerprint density at radius 2 is 1.73 bits per heavy atom. The van der Waals surface area contributed by atoms with Crippen molar-refractivity contribution in [2.45, 2.75) is 55.8 Å². The van der Waals surface area contributed by atoms with Gasteiger partial charge in [0.15, 0.2) is 11.2 Å². The zero-order valence-electron chi connectivity index (χ0n) is 24.9. The summed E-state index contributed by atoms with van der Waals surface area (Å²) >= 11 is 6.38. The minimum Gasteiger partial charge on any atom is -0.495 e. The lowest BCUT2D eigenvalue weighted by Crippen LogP contribution is -2.53. The summed E-state index contributed by atoms with van der Waals surface area (Å²) in [5, 5.41) is 0.240. The van der Waals surface area contributed by atoms with Crippen LogP contribution in [0.2, 0.25) is 5.02 Å². The topological polar surface area (TPSA) is 140 Å². The van der Waals surface area contributed by atoms with Gasteiger partial charge in [0.1, 0.15) is 10.6 Å². The van der Waals surface area contributed by atoms with E-state index in [9.17, 15) is 22.8 Å². The Labute approximate surface area is 266 Å². The fourth-order valence-corrected chi connectivity index (χ4v) is 7.79. The maximum atomic E-state index is 14.6. The van der Waals surface area contributed by atoms with Crippen molar-refractivity contribution in [2.75, 3.05) is 18.0 Å².